The van der Waals surface area contributed by atoms with E-state index in [9.17, 15) is 9.59 Å². The van der Waals surface area contributed by atoms with Gasteiger partial charge in [0, 0.05) is 5.39 Å². The molecule has 0 saturated heterocycles. The Bertz CT molecular complexity index is 1600. The zero-order chi connectivity index (χ0) is 20.7. The van der Waals surface area contributed by atoms with Crippen LogP contribution in [0.15, 0.2) is 94.5 Å². The quantitative estimate of drug-likeness (QED) is 0.487. The first-order valence-electron chi connectivity index (χ1n) is 9.43. The minimum atomic E-state index is -0.494. The highest BCUT2D eigenvalue weighted by Gasteiger charge is 2.13. The van der Waals surface area contributed by atoms with Crippen LogP contribution in [0.1, 0.15) is 5.56 Å². The molecule has 0 radical (unpaired) electrons. The number of aromatic amines is 1. The van der Waals surface area contributed by atoms with Crippen LogP contribution in [0, 0.1) is 11.3 Å². The molecule has 4 aromatic carbocycles. The number of rotatable bonds is 2. The number of aromatic nitrogens is 2. The maximum Gasteiger partial charge on any atom is 0.333 e. The summed E-state index contributed by atoms with van der Waals surface area (Å²) in [6.07, 6.45) is 0. The Morgan fingerprint density at radius 2 is 1.53 bits per heavy atom. The van der Waals surface area contributed by atoms with Crippen molar-refractivity contribution in [3.05, 3.63) is 111 Å². The third-order valence-corrected chi connectivity index (χ3v) is 5.23. The molecular weight excluding hydrogens is 374 g/mol. The Kier molecular flexibility index (Phi) is 4.04. The number of H-pyrrole nitrogens is 1. The zero-order valence-electron chi connectivity index (χ0n) is 15.8. The number of fused-ring (bicyclic) bond motifs is 2. The fourth-order valence-corrected chi connectivity index (χ4v) is 3.79. The Morgan fingerprint density at radius 1 is 0.767 bits per heavy atom. The number of nitrogens with one attached hydrogen (secondary N) is 1. The van der Waals surface area contributed by atoms with Gasteiger partial charge >= 0.3 is 5.69 Å². The van der Waals surface area contributed by atoms with E-state index in [1.54, 1.807) is 36.4 Å². The van der Waals surface area contributed by atoms with Gasteiger partial charge < -0.3 is 4.98 Å². The average Bonchev–Trinajstić information content (AvgIpc) is 2.79. The molecule has 0 saturated carbocycles. The van der Waals surface area contributed by atoms with E-state index in [0.29, 0.717) is 22.2 Å². The van der Waals surface area contributed by atoms with Crippen molar-refractivity contribution >= 4 is 21.7 Å². The highest BCUT2D eigenvalue weighted by molar-refractivity contribution is 5.91. The smallest absolute Gasteiger partial charge is 0.306 e. The van der Waals surface area contributed by atoms with E-state index in [1.165, 1.54) is 4.57 Å². The first-order chi connectivity index (χ1) is 14.7. The lowest BCUT2D eigenvalue weighted by Crippen LogP contribution is -2.33. The summed E-state index contributed by atoms with van der Waals surface area (Å²) >= 11 is 0. The van der Waals surface area contributed by atoms with E-state index in [0.717, 1.165) is 21.9 Å². The Morgan fingerprint density at radius 3 is 2.40 bits per heavy atom. The van der Waals surface area contributed by atoms with E-state index < -0.39 is 5.69 Å². The lowest BCUT2D eigenvalue weighted by atomic mass is 10.0. The fourth-order valence-electron chi connectivity index (χ4n) is 3.79. The second-order valence-corrected chi connectivity index (χ2v) is 7.02. The van der Waals surface area contributed by atoms with Gasteiger partial charge in [-0.1, -0.05) is 54.6 Å². The molecule has 5 nitrogen and oxygen atoms in total. The minimum absolute atomic E-state index is 0.373. The van der Waals surface area contributed by atoms with Gasteiger partial charge in [-0.2, -0.15) is 5.26 Å². The molecule has 30 heavy (non-hydrogen) atoms. The van der Waals surface area contributed by atoms with Crippen molar-refractivity contribution < 1.29 is 0 Å². The molecule has 0 bridgehead atoms. The number of nitrogens with zero attached hydrogens (tertiary/aromatic N) is 2. The largest absolute Gasteiger partial charge is 0.333 e. The maximum absolute atomic E-state index is 13.2. The second-order valence-electron chi connectivity index (χ2n) is 7.02. The third-order valence-electron chi connectivity index (χ3n) is 5.23. The summed E-state index contributed by atoms with van der Waals surface area (Å²) in [6, 6.07) is 27.8. The summed E-state index contributed by atoms with van der Waals surface area (Å²) in [5, 5.41) is 11.3. The first-order valence-corrected chi connectivity index (χ1v) is 9.43. The number of hydrogen-bond acceptors (Lipinski definition) is 3. The van der Waals surface area contributed by atoms with Gasteiger partial charge in [0.1, 0.15) is 0 Å². The molecule has 5 rings (SSSR count). The summed E-state index contributed by atoms with van der Waals surface area (Å²) in [6.45, 7) is 0. The maximum atomic E-state index is 13.2. The van der Waals surface area contributed by atoms with Crippen molar-refractivity contribution in [3.63, 3.8) is 0 Å². The minimum Gasteiger partial charge on any atom is -0.306 e. The zero-order valence-corrected chi connectivity index (χ0v) is 15.8. The van der Waals surface area contributed by atoms with E-state index in [-0.39, 0.29) is 5.56 Å². The van der Waals surface area contributed by atoms with Gasteiger partial charge in [0.15, 0.2) is 0 Å². The molecule has 0 aliphatic carbocycles. The molecule has 1 heterocycles. The fraction of sp³-hybridized carbons (Fsp3) is 0. The van der Waals surface area contributed by atoms with Gasteiger partial charge in [-0.05, 0) is 46.8 Å². The van der Waals surface area contributed by atoms with Gasteiger partial charge in [-0.15, -0.1) is 0 Å². The third kappa shape index (κ3) is 2.79. The van der Waals surface area contributed by atoms with Crippen LogP contribution < -0.4 is 11.2 Å². The van der Waals surface area contributed by atoms with Crippen LogP contribution in [0.3, 0.4) is 0 Å². The highest BCUT2D eigenvalue weighted by atomic mass is 16.2. The predicted molar refractivity (Wildman–Crippen MR) is 118 cm³/mol. The number of benzene rings is 4. The second kappa shape index (κ2) is 6.87. The molecule has 0 aliphatic rings. The van der Waals surface area contributed by atoms with Gasteiger partial charge in [-0.3, -0.25) is 4.79 Å². The standard InChI is InChI=1S/C25H15N3O2/c26-15-16-5-3-8-18(13-16)19-11-12-21-22(14-19)27-25(30)28(24(21)29)23-10-4-7-17-6-1-2-9-20(17)23/h1-14H,(H,27,30). The molecule has 0 fully saturated rings. The van der Waals surface area contributed by atoms with Gasteiger partial charge in [0.2, 0.25) is 0 Å². The van der Waals surface area contributed by atoms with Crippen molar-refractivity contribution in [2.75, 3.05) is 0 Å². The lowest BCUT2D eigenvalue weighted by molar-refractivity contribution is 0.908. The molecule has 0 amide bonds. The number of hydrogen-bond donors (Lipinski definition) is 1. The molecule has 142 valence electrons. The van der Waals surface area contributed by atoms with E-state index >= 15 is 0 Å². The van der Waals surface area contributed by atoms with Crippen LogP contribution in [0.25, 0.3) is 38.5 Å². The van der Waals surface area contributed by atoms with Crippen molar-refractivity contribution in [1.82, 2.24) is 9.55 Å². The van der Waals surface area contributed by atoms with Crippen molar-refractivity contribution in [2.45, 2.75) is 0 Å². The first kappa shape index (κ1) is 17.7. The Labute approximate surface area is 171 Å². The van der Waals surface area contributed by atoms with Crippen LogP contribution in [-0.4, -0.2) is 9.55 Å². The SMILES string of the molecule is N#Cc1cccc(-c2ccc3c(=O)n(-c4cccc5ccccc45)c(=O)[nH]c3c2)c1. The van der Waals surface area contributed by atoms with Crippen molar-refractivity contribution in [2.24, 2.45) is 0 Å². The van der Waals surface area contributed by atoms with Gasteiger partial charge in [0.05, 0.1) is 28.2 Å². The topological polar surface area (TPSA) is 78.7 Å². The van der Waals surface area contributed by atoms with E-state index in [2.05, 4.69) is 11.1 Å². The molecule has 1 aromatic heterocycles. The summed E-state index contributed by atoms with van der Waals surface area (Å²) in [5.41, 5.74) is 2.35. The van der Waals surface area contributed by atoms with Crippen LogP contribution in [-0.2, 0) is 0 Å². The summed E-state index contributed by atoms with van der Waals surface area (Å²) in [7, 11) is 0. The highest BCUT2D eigenvalue weighted by Crippen LogP contribution is 2.24. The molecule has 1 N–H and O–H groups in total. The monoisotopic (exact) mass is 389 g/mol. The Balaban J connectivity index is 1.74. The molecule has 0 unspecified atom stereocenters. The summed E-state index contributed by atoms with van der Waals surface area (Å²) in [5.74, 6) is 0. The van der Waals surface area contributed by atoms with Crippen molar-refractivity contribution in [3.8, 4) is 22.9 Å². The van der Waals surface area contributed by atoms with Crippen LogP contribution in [0.4, 0.5) is 0 Å². The number of nitriles is 1. The predicted octanol–water partition coefficient (Wildman–Crippen LogP) is 4.37. The van der Waals surface area contributed by atoms with Gasteiger partial charge in [0.25, 0.3) is 5.56 Å². The lowest BCUT2D eigenvalue weighted by Gasteiger charge is -2.10. The molecule has 5 aromatic rings. The molecule has 5 heteroatoms. The normalized spacial score (nSPS) is 10.9. The molecule has 0 aliphatic heterocycles. The van der Waals surface area contributed by atoms with E-state index in [4.69, 9.17) is 5.26 Å². The van der Waals surface area contributed by atoms with Crippen molar-refractivity contribution in [1.29, 1.82) is 5.26 Å². The Hall–Kier alpha value is -4.43. The molecule has 0 atom stereocenters. The summed E-state index contributed by atoms with van der Waals surface area (Å²) < 4.78 is 1.18. The van der Waals surface area contributed by atoms with E-state index in [1.807, 2.05) is 48.5 Å². The molecular formula is C25H15N3O2. The summed E-state index contributed by atoms with van der Waals surface area (Å²) in [4.78, 5) is 29.0. The van der Waals surface area contributed by atoms with Crippen LogP contribution in [0.5, 0.6) is 0 Å². The average molecular weight is 389 g/mol. The van der Waals surface area contributed by atoms with Crippen LogP contribution in [0.2, 0.25) is 0 Å². The molecule has 0 spiro atoms. The van der Waals surface area contributed by atoms with Crippen LogP contribution >= 0.6 is 0 Å². The van der Waals surface area contributed by atoms with Gasteiger partial charge in [-0.25, -0.2) is 9.36 Å².